The Kier molecular flexibility index (Phi) is 4.98. The van der Waals surface area contributed by atoms with Gasteiger partial charge in [-0.3, -0.25) is 4.72 Å². The predicted octanol–water partition coefficient (Wildman–Crippen LogP) is 7.69. The van der Waals surface area contributed by atoms with Crippen molar-refractivity contribution in [3.05, 3.63) is 84.1 Å². The standard InChI is InChI=1S/C30H29NO3S/c1-30(2,3)21-13-15-28-25(17-21)26-18-27(23-10-6-7-11-24(23)29(26)34-28)31-35(32,33)22-14-12-19-8-4-5-9-20(19)16-22/h4-12,14,16,18,21,31H,13,15,17H2,1-3H3/t21-/m0/s1. The van der Waals surface area contributed by atoms with Crippen molar-refractivity contribution < 1.29 is 12.8 Å². The third-order valence-electron chi connectivity index (χ3n) is 7.55. The Labute approximate surface area is 206 Å². The molecule has 1 aliphatic rings. The van der Waals surface area contributed by atoms with Gasteiger partial charge in [-0.15, -0.1) is 0 Å². The molecule has 1 aliphatic carbocycles. The number of furan rings is 1. The summed E-state index contributed by atoms with van der Waals surface area (Å²) >= 11 is 0. The highest BCUT2D eigenvalue weighted by Crippen LogP contribution is 2.44. The lowest BCUT2D eigenvalue weighted by Gasteiger charge is -2.33. The molecule has 1 heterocycles. The molecule has 5 aromatic rings. The van der Waals surface area contributed by atoms with E-state index in [-0.39, 0.29) is 10.3 Å². The fourth-order valence-electron chi connectivity index (χ4n) is 5.46. The molecule has 0 fully saturated rings. The van der Waals surface area contributed by atoms with Crippen molar-refractivity contribution in [1.29, 1.82) is 0 Å². The van der Waals surface area contributed by atoms with Crippen LogP contribution in [0.25, 0.3) is 32.5 Å². The number of aryl methyl sites for hydroxylation is 1. The number of rotatable bonds is 3. The molecule has 4 aromatic carbocycles. The molecule has 1 aromatic heterocycles. The topological polar surface area (TPSA) is 59.3 Å². The quantitative estimate of drug-likeness (QED) is 0.286. The molecule has 0 aliphatic heterocycles. The van der Waals surface area contributed by atoms with E-state index >= 15 is 0 Å². The Hall–Kier alpha value is -3.31. The molecule has 0 spiro atoms. The monoisotopic (exact) mass is 483 g/mol. The van der Waals surface area contributed by atoms with Gasteiger partial charge in [-0.25, -0.2) is 8.42 Å². The van der Waals surface area contributed by atoms with E-state index in [0.29, 0.717) is 11.6 Å². The number of hydrogen-bond acceptors (Lipinski definition) is 3. The van der Waals surface area contributed by atoms with Crippen molar-refractivity contribution in [1.82, 2.24) is 0 Å². The van der Waals surface area contributed by atoms with Gasteiger partial charge in [0, 0.05) is 28.1 Å². The van der Waals surface area contributed by atoms with Crippen LogP contribution in [0.15, 0.2) is 82.1 Å². The zero-order valence-electron chi connectivity index (χ0n) is 20.3. The van der Waals surface area contributed by atoms with Crippen molar-refractivity contribution in [3.63, 3.8) is 0 Å². The molecular weight excluding hydrogens is 454 g/mol. The van der Waals surface area contributed by atoms with Gasteiger partial charge in [-0.1, -0.05) is 75.4 Å². The fourth-order valence-corrected chi connectivity index (χ4v) is 6.56. The molecule has 0 unspecified atom stereocenters. The predicted molar refractivity (Wildman–Crippen MR) is 143 cm³/mol. The fraction of sp³-hybridized carbons (Fsp3) is 0.267. The van der Waals surface area contributed by atoms with Crippen molar-refractivity contribution in [2.24, 2.45) is 11.3 Å². The molecule has 0 saturated heterocycles. The van der Waals surface area contributed by atoms with Crippen LogP contribution in [0.5, 0.6) is 0 Å². The molecule has 4 nitrogen and oxygen atoms in total. The van der Waals surface area contributed by atoms with Gasteiger partial charge in [0.05, 0.1) is 10.6 Å². The van der Waals surface area contributed by atoms with Crippen molar-refractivity contribution in [2.75, 3.05) is 4.72 Å². The second-order valence-corrected chi connectivity index (χ2v) is 12.5. The van der Waals surface area contributed by atoms with Gasteiger partial charge < -0.3 is 4.42 Å². The van der Waals surface area contributed by atoms with Crippen LogP contribution in [-0.4, -0.2) is 8.42 Å². The van der Waals surface area contributed by atoms with Crippen LogP contribution < -0.4 is 4.72 Å². The molecule has 0 amide bonds. The average Bonchev–Trinajstić information content (AvgIpc) is 3.21. The summed E-state index contributed by atoms with van der Waals surface area (Å²) in [5, 5.41) is 4.69. The second kappa shape index (κ2) is 7.85. The molecule has 1 N–H and O–H groups in total. The molecule has 35 heavy (non-hydrogen) atoms. The Morgan fingerprint density at radius 3 is 2.34 bits per heavy atom. The summed E-state index contributed by atoms with van der Waals surface area (Å²) in [5.41, 5.74) is 2.87. The van der Waals surface area contributed by atoms with Crippen LogP contribution in [-0.2, 0) is 22.9 Å². The Morgan fingerprint density at radius 2 is 1.57 bits per heavy atom. The third-order valence-corrected chi connectivity index (χ3v) is 8.92. The third kappa shape index (κ3) is 3.79. The van der Waals surface area contributed by atoms with E-state index in [1.54, 1.807) is 12.1 Å². The van der Waals surface area contributed by atoms with Gasteiger partial charge in [0.2, 0.25) is 0 Å². The molecule has 6 rings (SSSR count). The molecule has 1 atom stereocenters. The highest BCUT2D eigenvalue weighted by Gasteiger charge is 2.32. The smallest absolute Gasteiger partial charge is 0.261 e. The summed E-state index contributed by atoms with van der Waals surface area (Å²) in [6, 6.07) is 22.9. The van der Waals surface area contributed by atoms with E-state index in [4.69, 9.17) is 4.42 Å². The molecule has 178 valence electrons. The molecule has 0 bridgehead atoms. The minimum absolute atomic E-state index is 0.207. The molecular formula is C30H29NO3S. The van der Waals surface area contributed by atoms with Crippen molar-refractivity contribution >= 4 is 48.2 Å². The number of anilines is 1. The van der Waals surface area contributed by atoms with Crippen LogP contribution in [0, 0.1) is 11.3 Å². The zero-order chi connectivity index (χ0) is 24.4. The highest BCUT2D eigenvalue weighted by molar-refractivity contribution is 7.92. The van der Waals surface area contributed by atoms with E-state index < -0.39 is 10.0 Å². The van der Waals surface area contributed by atoms with Crippen LogP contribution in [0.3, 0.4) is 0 Å². The maximum atomic E-state index is 13.5. The minimum atomic E-state index is -3.78. The number of sulfonamides is 1. The lowest BCUT2D eigenvalue weighted by molar-refractivity contribution is 0.210. The summed E-state index contributed by atoms with van der Waals surface area (Å²) in [5.74, 6) is 1.60. The maximum Gasteiger partial charge on any atom is 0.261 e. The summed E-state index contributed by atoms with van der Waals surface area (Å²) in [7, 11) is -3.78. The number of fused-ring (bicyclic) bond motifs is 6. The SMILES string of the molecule is CC(C)(C)[C@H]1CCc2oc3c(cc(NS(=O)(=O)c4ccc5ccccc5c4)c4ccccc43)c2C1. The first-order chi connectivity index (χ1) is 16.7. The summed E-state index contributed by atoms with van der Waals surface area (Å²) in [6.45, 7) is 6.89. The van der Waals surface area contributed by atoms with E-state index in [1.165, 1.54) is 5.56 Å². The van der Waals surface area contributed by atoms with E-state index in [9.17, 15) is 8.42 Å². The normalized spacial score (nSPS) is 16.6. The van der Waals surface area contributed by atoms with Crippen LogP contribution in [0.4, 0.5) is 5.69 Å². The molecule has 0 saturated carbocycles. The second-order valence-electron chi connectivity index (χ2n) is 10.8. The van der Waals surface area contributed by atoms with E-state index in [0.717, 1.165) is 57.5 Å². The Balaban J connectivity index is 1.49. The minimum Gasteiger partial charge on any atom is -0.460 e. The van der Waals surface area contributed by atoms with Gasteiger partial charge in [-0.05, 0) is 53.1 Å². The first-order valence-electron chi connectivity index (χ1n) is 12.2. The number of hydrogen-bond donors (Lipinski definition) is 1. The summed E-state index contributed by atoms with van der Waals surface area (Å²) in [4.78, 5) is 0.252. The van der Waals surface area contributed by atoms with Crippen LogP contribution in [0.1, 0.15) is 38.5 Å². The summed E-state index contributed by atoms with van der Waals surface area (Å²) in [6.07, 6.45) is 2.97. The lowest BCUT2D eigenvalue weighted by Crippen LogP contribution is -2.26. The lowest BCUT2D eigenvalue weighted by atomic mass is 9.71. The van der Waals surface area contributed by atoms with Gasteiger partial charge in [0.15, 0.2) is 0 Å². The van der Waals surface area contributed by atoms with Crippen molar-refractivity contribution in [3.8, 4) is 0 Å². The zero-order valence-corrected chi connectivity index (χ0v) is 21.1. The van der Waals surface area contributed by atoms with E-state index in [1.807, 2.05) is 60.7 Å². The van der Waals surface area contributed by atoms with Gasteiger partial charge in [0.25, 0.3) is 10.0 Å². The largest absolute Gasteiger partial charge is 0.460 e. The number of benzene rings is 4. The van der Waals surface area contributed by atoms with E-state index in [2.05, 4.69) is 25.5 Å². The van der Waals surface area contributed by atoms with Gasteiger partial charge in [-0.2, -0.15) is 0 Å². The Morgan fingerprint density at radius 1 is 0.857 bits per heavy atom. The average molecular weight is 484 g/mol. The Bertz CT molecular complexity index is 1710. The highest BCUT2D eigenvalue weighted by atomic mass is 32.2. The first-order valence-corrected chi connectivity index (χ1v) is 13.7. The van der Waals surface area contributed by atoms with Crippen LogP contribution in [0.2, 0.25) is 0 Å². The molecule has 0 radical (unpaired) electrons. The van der Waals surface area contributed by atoms with Gasteiger partial charge >= 0.3 is 0 Å². The summed E-state index contributed by atoms with van der Waals surface area (Å²) < 4.78 is 36.3. The van der Waals surface area contributed by atoms with Crippen molar-refractivity contribution in [2.45, 2.75) is 44.9 Å². The molecule has 5 heteroatoms. The number of nitrogens with one attached hydrogen (secondary N) is 1. The maximum absolute atomic E-state index is 13.5. The first kappa shape index (κ1) is 22.2. The van der Waals surface area contributed by atoms with Gasteiger partial charge in [0.1, 0.15) is 11.3 Å². The van der Waals surface area contributed by atoms with Crippen LogP contribution >= 0.6 is 0 Å².